The highest BCUT2D eigenvalue weighted by Crippen LogP contribution is 2.26. The zero-order chi connectivity index (χ0) is 24.2. The van der Waals surface area contributed by atoms with Crippen LogP contribution in [-0.4, -0.2) is 40.7 Å². The molecule has 0 aliphatic carbocycles. The summed E-state index contributed by atoms with van der Waals surface area (Å²) in [5.74, 6) is -0.106. The molecule has 172 valence electrons. The van der Waals surface area contributed by atoms with Gasteiger partial charge in [0.2, 0.25) is 12.1 Å². The van der Waals surface area contributed by atoms with Gasteiger partial charge in [0, 0.05) is 22.4 Å². The minimum absolute atomic E-state index is 0.0481. The van der Waals surface area contributed by atoms with Crippen molar-refractivity contribution in [1.29, 1.82) is 10.8 Å². The highest BCUT2D eigenvalue weighted by atomic mass is 16.4. The number of aliphatic imine (C=N–C) groups is 1. The van der Waals surface area contributed by atoms with Crippen molar-refractivity contribution in [1.82, 2.24) is 10.2 Å². The fraction of sp³-hybridized carbons (Fsp3) is 0.0400. The van der Waals surface area contributed by atoms with Crippen LogP contribution in [0.1, 0.15) is 11.1 Å². The van der Waals surface area contributed by atoms with E-state index in [1.54, 1.807) is 24.3 Å². The molecule has 0 saturated heterocycles. The third kappa shape index (κ3) is 4.40. The van der Waals surface area contributed by atoms with E-state index in [2.05, 4.69) is 20.8 Å². The van der Waals surface area contributed by atoms with E-state index in [1.807, 2.05) is 54.6 Å². The molecule has 1 aliphatic heterocycles. The Labute approximate surface area is 200 Å². The molecule has 10 nitrogen and oxygen atoms in total. The van der Waals surface area contributed by atoms with E-state index in [1.165, 1.54) is 4.90 Å². The second-order valence-electron chi connectivity index (χ2n) is 7.55. The molecule has 0 saturated carbocycles. The third-order valence-corrected chi connectivity index (χ3v) is 5.37. The predicted molar refractivity (Wildman–Crippen MR) is 134 cm³/mol. The van der Waals surface area contributed by atoms with Crippen molar-refractivity contribution in [3.8, 4) is 11.5 Å². The second-order valence-corrected chi connectivity index (χ2v) is 7.55. The second kappa shape index (κ2) is 9.40. The van der Waals surface area contributed by atoms with Gasteiger partial charge in [-0.05, 0) is 30.3 Å². The van der Waals surface area contributed by atoms with Gasteiger partial charge in [0.25, 0.3) is 5.91 Å². The largest absolute Gasteiger partial charge is 0.403 e. The smallest absolute Gasteiger partial charge is 0.317 e. The fourth-order valence-corrected chi connectivity index (χ4v) is 3.66. The molecule has 4 N–H and O–H groups in total. The Kier molecular flexibility index (Phi) is 5.83. The number of nitrogens with one attached hydrogen (secondary N) is 4. The van der Waals surface area contributed by atoms with Crippen molar-refractivity contribution in [3.05, 3.63) is 90.0 Å². The van der Waals surface area contributed by atoms with Crippen molar-refractivity contribution in [2.24, 2.45) is 4.99 Å². The Morgan fingerprint density at radius 3 is 2.34 bits per heavy atom. The Morgan fingerprint density at radius 1 is 0.886 bits per heavy atom. The maximum absolute atomic E-state index is 13.0. The van der Waals surface area contributed by atoms with Gasteiger partial charge in [-0.1, -0.05) is 53.6 Å². The number of benzene rings is 3. The molecule has 4 aromatic rings. The highest BCUT2D eigenvalue weighted by Gasteiger charge is 2.27. The first-order valence-corrected chi connectivity index (χ1v) is 10.7. The normalized spacial score (nSPS) is 14.7. The molecule has 2 heterocycles. The summed E-state index contributed by atoms with van der Waals surface area (Å²) in [4.78, 5) is 19.0. The first-order chi connectivity index (χ1) is 17.2. The van der Waals surface area contributed by atoms with Gasteiger partial charge in [-0.3, -0.25) is 20.5 Å². The summed E-state index contributed by atoms with van der Waals surface area (Å²) in [6.45, 7) is 0. The molecule has 1 aromatic heterocycles. The van der Waals surface area contributed by atoms with Crippen LogP contribution in [0.5, 0.6) is 0 Å². The van der Waals surface area contributed by atoms with E-state index < -0.39 is 6.17 Å². The zero-order valence-corrected chi connectivity index (χ0v) is 18.3. The zero-order valence-electron chi connectivity index (χ0n) is 18.3. The number of carbonyl (C=O) groups excluding carboxylic acids is 1. The molecule has 0 bridgehead atoms. The summed E-state index contributed by atoms with van der Waals surface area (Å²) < 4.78 is 5.75. The average Bonchev–Trinajstić information content (AvgIpc) is 3.32. The van der Waals surface area contributed by atoms with Gasteiger partial charge >= 0.3 is 6.01 Å². The Hall–Kier alpha value is -5.12. The number of aromatic nitrogens is 2. The maximum Gasteiger partial charge on any atom is 0.317 e. The molecule has 35 heavy (non-hydrogen) atoms. The standard InChI is InChI=1S/C25H20N8O2/c26-14-33(15-27)18-12-10-17(11-13-18)24-31-32-25(35-24)30-22-23(34)28-20-9-5-4-8-19(20)21(29-22)16-6-2-1-3-7-16/h1-15,22,26-27H,(H,28,34)(H,30,32). The average molecular weight is 464 g/mol. The molecule has 0 fully saturated rings. The molecular formula is C25H20N8O2. The predicted octanol–water partition coefficient (Wildman–Crippen LogP) is 3.98. The van der Waals surface area contributed by atoms with Gasteiger partial charge in [0.05, 0.1) is 24.1 Å². The van der Waals surface area contributed by atoms with E-state index in [-0.39, 0.29) is 17.8 Å². The number of benzodiazepines with no additional fused rings is 1. The lowest BCUT2D eigenvalue weighted by atomic mass is 10.0. The lowest BCUT2D eigenvalue weighted by molar-refractivity contribution is -0.116. The van der Waals surface area contributed by atoms with E-state index in [0.717, 1.165) is 23.8 Å². The van der Waals surface area contributed by atoms with Crippen LogP contribution in [0.25, 0.3) is 11.5 Å². The molecule has 0 radical (unpaired) electrons. The number of anilines is 3. The van der Waals surface area contributed by atoms with Gasteiger partial charge in [0.1, 0.15) is 0 Å². The van der Waals surface area contributed by atoms with Gasteiger partial charge in [-0.15, -0.1) is 5.10 Å². The van der Waals surface area contributed by atoms with Crippen molar-refractivity contribution in [3.63, 3.8) is 0 Å². The van der Waals surface area contributed by atoms with Crippen molar-refractivity contribution in [2.45, 2.75) is 6.17 Å². The number of rotatable bonds is 7. The summed E-state index contributed by atoms with van der Waals surface area (Å²) >= 11 is 0. The van der Waals surface area contributed by atoms with Crippen LogP contribution in [0.4, 0.5) is 17.4 Å². The van der Waals surface area contributed by atoms with Crippen LogP contribution in [0, 0.1) is 10.8 Å². The number of hydrogen-bond donors (Lipinski definition) is 4. The minimum Gasteiger partial charge on any atom is -0.403 e. The Balaban J connectivity index is 1.43. The van der Waals surface area contributed by atoms with Gasteiger partial charge < -0.3 is 15.1 Å². The monoisotopic (exact) mass is 464 g/mol. The molecule has 1 amide bonds. The summed E-state index contributed by atoms with van der Waals surface area (Å²) in [7, 11) is 0. The molecule has 5 rings (SSSR count). The Morgan fingerprint density at radius 2 is 1.60 bits per heavy atom. The topological polar surface area (TPSA) is 143 Å². The first-order valence-electron chi connectivity index (χ1n) is 10.7. The van der Waals surface area contributed by atoms with Crippen LogP contribution in [-0.2, 0) is 4.79 Å². The van der Waals surface area contributed by atoms with E-state index in [4.69, 9.17) is 20.2 Å². The van der Waals surface area contributed by atoms with Gasteiger partial charge in [0.15, 0.2) is 0 Å². The molecule has 0 spiro atoms. The molecule has 1 atom stereocenters. The lowest BCUT2D eigenvalue weighted by Crippen LogP contribution is -2.32. The van der Waals surface area contributed by atoms with Crippen LogP contribution < -0.4 is 15.5 Å². The van der Waals surface area contributed by atoms with Crippen molar-refractivity contribution < 1.29 is 9.21 Å². The number of fused-ring (bicyclic) bond motifs is 1. The molecular weight excluding hydrogens is 444 g/mol. The van der Waals surface area contributed by atoms with Crippen molar-refractivity contribution >= 4 is 41.7 Å². The molecule has 3 aromatic carbocycles. The third-order valence-electron chi connectivity index (χ3n) is 5.37. The summed E-state index contributed by atoms with van der Waals surface area (Å²) in [5.41, 5.74) is 4.31. The number of amides is 1. The number of nitrogens with zero attached hydrogens (tertiary/aromatic N) is 4. The maximum atomic E-state index is 13.0. The molecule has 1 unspecified atom stereocenters. The molecule has 10 heteroatoms. The lowest BCUT2D eigenvalue weighted by Gasteiger charge is -2.12. The number of hydrogen-bond acceptors (Lipinski definition) is 8. The molecule has 1 aliphatic rings. The van der Waals surface area contributed by atoms with Crippen LogP contribution in [0.2, 0.25) is 0 Å². The SMILES string of the molecule is N=CN(C=N)c1ccc(-c2nnc(NC3N=C(c4ccccc4)c4ccccc4NC3=O)o2)cc1. The summed E-state index contributed by atoms with van der Waals surface area (Å²) in [6.07, 6.45) is 1.08. The van der Waals surface area contributed by atoms with E-state index >= 15 is 0 Å². The van der Waals surface area contributed by atoms with E-state index in [0.29, 0.717) is 22.6 Å². The first kappa shape index (κ1) is 21.7. The van der Waals surface area contributed by atoms with Gasteiger partial charge in [-0.25, -0.2) is 4.99 Å². The van der Waals surface area contributed by atoms with Crippen molar-refractivity contribution in [2.75, 3.05) is 15.5 Å². The summed E-state index contributed by atoms with van der Waals surface area (Å²) in [5, 5.41) is 28.6. The number of carbonyl (C=O) groups is 1. The van der Waals surface area contributed by atoms with Gasteiger partial charge in [-0.2, -0.15) is 0 Å². The summed E-state index contributed by atoms with van der Waals surface area (Å²) in [6, 6.07) is 24.1. The Bertz CT molecular complexity index is 1400. The van der Waals surface area contributed by atoms with Crippen LogP contribution in [0.15, 0.2) is 88.3 Å². The van der Waals surface area contributed by atoms with E-state index in [9.17, 15) is 4.79 Å². The minimum atomic E-state index is -0.998. The quantitative estimate of drug-likeness (QED) is 0.241. The fourth-order valence-electron chi connectivity index (χ4n) is 3.66. The number of para-hydroxylation sites is 1. The van der Waals surface area contributed by atoms with Crippen LogP contribution in [0.3, 0.4) is 0 Å². The highest BCUT2D eigenvalue weighted by molar-refractivity contribution is 6.19. The van der Waals surface area contributed by atoms with Crippen LogP contribution >= 0.6 is 0 Å².